The molecule has 26 heavy (non-hydrogen) atoms. The molecule has 0 radical (unpaired) electrons. The monoisotopic (exact) mass is 378 g/mol. The van der Waals surface area contributed by atoms with Crippen molar-refractivity contribution >= 4 is 23.2 Å². The summed E-state index contributed by atoms with van der Waals surface area (Å²) in [6, 6.07) is 9.66. The van der Waals surface area contributed by atoms with Gasteiger partial charge in [0.2, 0.25) is 5.91 Å². The maximum atomic E-state index is 13.3. The third kappa shape index (κ3) is 4.65. The highest BCUT2D eigenvalue weighted by atomic mass is 35.5. The summed E-state index contributed by atoms with van der Waals surface area (Å²) in [5.41, 5.74) is 1.29. The number of fused-ring (bicyclic) bond motifs is 1. The van der Waals surface area contributed by atoms with E-state index in [1.54, 1.807) is 18.2 Å². The predicted molar refractivity (Wildman–Crippen MR) is 98.4 cm³/mol. The van der Waals surface area contributed by atoms with Gasteiger partial charge in [-0.1, -0.05) is 30.7 Å². The van der Waals surface area contributed by atoms with Gasteiger partial charge in [0.25, 0.3) is 0 Å². The normalized spacial score (nSPS) is 12.9. The maximum Gasteiger partial charge on any atom is 0.238 e. The maximum absolute atomic E-state index is 13.3. The molecular weight excluding hydrogens is 359 g/mol. The van der Waals surface area contributed by atoms with Gasteiger partial charge in [0.15, 0.2) is 11.5 Å². The zero-order valence-electron chi connectivity index (χ0n) is 14.4. The van der Waals surface area contributed by atoms with Crippen molar-refractivity contribution in [2.75, 3.05) is 31.6 Å². The van der Waals surface area contributed by atoms with Crippen molar-refractivity contribution < 1.29 is 18.7 Å². The molecule has 0 aliphatic carbocycles. The van der Waals surface area contributed by atoms with Crippen LogP contribution in [0.5, 0.6) is 11.5 Å². The first-order chi connectivity index (χ1) is 12.5. The molecule has 1 heterocycles. The van der Waals surface area contributed by atoms with Gasteiger partial charge in [0.05, 0.1) is 17.3 Å². The van der Waals surface area contributed by atoms with Crippen LogP contribution >= 0.6 is 11.6 Å². The molecule has 0 bridgehead atoms. The summed E-state index contributed by atoms with van der Waals surface area (Å²) in [4.78, 5) is 14.3. The Morgan fingerprint density at radius 3 is 2.65 bits per heavy atom. The van der Waals surface area contributed by atoms with Crippen molar-refractivity contribution in [1.29, 1.82) is 0 Å². The number of nitrogens with one attached hydrogen (secondary N) is 1. The molecule has 0 saturated carbocycles. The molecule has 7 heteroatoms. The van der Waals surface area contributed by atoms with E-state index in [1.807, 2.05) is 17.9 Å². The van der Waals surface area contributed by atoms with Gasteiger partial charge in [-0.05, 0) is 24.2 Å². The Balaban J connectivity index is 1.64. The van der Waals surface area contributed by atoms with Crippen molar-refractivity contribution in [3.05, 3.63) is 52.8 Å². The topological polar surface area (TPSA) is 50.8 Å². The van der Waals surface area contributed by atoms with Gasteiger partial charge in [0, 0.05) is 18.7 Å². The fourth-order valence-electron chi connectivity index (χ4n) is 2.73. The second-order valence-electron chi connectivity index (χ2n) is 5.96. The number of rotatable bonds is 6. The standard InChI is InChI=1S/C19H20ClFN2O3/c1-2-23(11-13-4-3-5-14(21)8-13)12-19(24)22-16-10-18-17(9-15(16)20)25-6-7-26-18/h3-5,8-10H,2,6-7,11-12H2,1H3,(H,22,24). The van der Waals surface area contributed by atoms with E-state index in [9.17, 15) is 9.18 Å². The molecule has 138 valence electrons. The summed E-state index contributed by atoms with van der Waals surface area (Å²) >= 11 is 6.22. The summed E-state index contributed by atoms with van der Waals surface area (Å²) in [5, 5.41) is 3.19. The molecule has 2 aromatic carbocycles. The average Bonchev–Trinajstić information content (AvgIpc) is 2.62. The predicted octanol–water partition coefficient (Wildman–Crippen LogP) is 3.71. The van der Waals surface area contributed by atoms with E-state index in [1.165, 1.54) is 12.1 Å². The number of anilines is 1. The zero-order chi connectivity index (χ0) is 18.5. The van der Waals surface area contributed by atoms with Gasteiger partial charge in [0.1, 0.15) is 19.0 Å². The first kappa shape index (κ1) is 18.5. The number of carbonyl (C=O) groups is 1. The van der Waals surface area contributed by atoms with E-state index in [4.69, 9.17) is 21.1 Å². The van der Waals surface area contributed by atoms with Crippen LogP contribution < -0.4 is 14.8 Å². The highest BCUT2D eigenvalue weighted by molar-refractivity contribution is 6.34. The van der Waals surface area contributed by atoms with Crippen LogP contribution in [0.1, 0.15) is 12.5 Å². The number of nitrogens with zero attached hydrogens (tertiary/aromatic N) is 1. The van der Waals surface area contributed by atoms with Gasteiger partial charge in [-0.25, -0.2) is 4.39 Å². The molecule has 0 unspecified atom stereocenters. The van der Waals surface area contributed by atoms with Crippen molar-refractivity contribution in [2.45, 2.75) is 13.5 Å². The number of ether oxygens (including phenoxy) is 2. The molecule has 1 amide bonds. The van der Waals surface area contributed by atoms with Crippen LogP contribution in [-0.4, -0.2) is 37.1 Å². The van der Waals surface area contributed by atoms with Crippen LogP contribution in [0, 0.1) is 5.82 Å². The lowest BCUT2D eigenvalue weighted by Crippen LogP contribution is -2.32. The summed E-state index contributed by atoms with van der Waals surface area (Å²) in [6.45, 7) is 4.18. The molecule has 1 aliphatic rings. The lowest BCUT2D eigenvalue weighted by atomic mass is 10.2. The minimum absolute atomic E-state index is 0.164. The van der Waals surface area contributed by atoms with Crippen LogP contribution in [0.4, 0.5) is 10.1 Å². The Labute approximate surface area is 156 Å². The van der Waals surface area contributed by atoms with Crippen LogP contribution in [0.2, 0.25) is 5.02 Å². The highest BCUT2D eigenvalue weighted by Gasteiger charge is 2.17. The van der Waals surface area contributed by atoms with Crippen LogP contribution in [0.15, 0.2) is 36.4 Å². The first-order valence-electron chi connectivity index (χ1n) is 8.41. The number of benzene rings is 2. The van der Waals surface area contributed by atoms with Crippen LogP contribution in [0.25, 0.3) is 0 Å². The molecule has 3 rings (SSSR count). The largest absolute Gasteiger partial charge is 0.486 e. The minimum Gasteiger partial charge on any atom is -0.486 e. The molecular formula is C19H20ClFN2O3. The van der Waals surface area contributed by atoms with Gasteiger partial charge < -0.3 is 14.8 Å². The van der Waals surface area contributed by atoms with Gasteiger partial charge in [-0.2, -0.15) is 0 Å². The molecule has 0 spiro atoms. The Morgan fingerprint density at radius 2 is 1.96 bits per heavy atom. The first-order valence-corrected chi connectivity index (χ1v) is 8.78. The fraction of sp³-hybridized carbons (Fsp3) is 0.316. The average molecular weight is 379 g/mol. The lowest BCUT2D eigenvalue weighted by Gasteiger charge is -2.22. The Bertz CT molecular complexity index is 800. The van der Waals surface area contributed by atoms with Crippen molar-refractivity contribution in [1.82, 2.24) is 4.90 Å². The van der Waals surface area contributed by atoms with Gasteiger partial charge in [-0.3, -0.25) is 9.69 Å². The van der Waals surface area contributed by atoms with Crippen LogP contribution in [0.3, 0.4) is 0 Å². The van der Waals surface area contributed by atoms with E-state index in [0.29, 0.717) is 48.5 Å². The number of hydrogen-bond acceptors (Lipinski definition) is 4. The number of hydrogen-bond donors (Lipinski definition) is 1. The molecule has 1 aliphatic heterocycles. The molecule has 2 aromatic rings. The Hall–Kier alpha value is -2.31. The zero-order valence-corrected chi connectivity index (χ0v) is 15.2. The summed E-state index contributed by atoms with van der Waals surface area (Å²) < 4.78 is 24.3. The summed E-state index contributed by atoms with van der Waals surface area (Å²) in [6.07, 6.45) is 0. The van der Waals surface area contributed by atoms with E-state index in [0.717, 1.165) is 5.56 Å². The third-order valence-corrected chi connectivity index (χ3v) is 4.33. The summed E-state index contributed by atoms with van der Waals surface area (Å²) in [5.74, 6) is 0.636. The molecule has 0 saturated heterocycles. The smallest absolute Gasteiger partial charge is 0.238 e. The molecule has 1 N–H and O–H groups in total. The van der Waals surface area contributed by atoms with E-state index < -0.39 is 0 Å². The van der Waals surface area contributed by atoms with E-state index in [-0.39, 0.29) is 18.3 Å². The Morgan fingerprint density at radius 1 is 1.23 bits per heavy atom. The fourth-order valence-corrected chi connectivity index (χ4v) is 2.93. The van der Waals surface area contributed by atoms with Gasteiger partial charge >= 0.3 is 0 Å². The minimum atomic E-state index is -0.286. The molecule has 0 fully saturated rings. The van der Waals surface area contributed by atoms with Crippen molar-refractivity contribution in [2.24, 2.45) is 0 Å². The molecule has 0 aromatic heterocycles. The second kappa shape index (κ2) is 8.38. The Kier molecular flexibility index (Phi) is 5.96. The number of carbonyl (C=O) groups excluding carboxylic acids is 1. The molecule has 5 nitrogen and oxygen atoms in total. The molecule has 0 atom stereocenters. The van der Waals surface area contributed by atoms with E-state index in [2.05, 4.69) is 5.32 Å². The number of amides is 1. The second-order valence-corrected chi connectivity index (χ2v) is 6.36. The number of likely N-dealkylation sites (N-methyl/N-ethyl adjacent to an activating group) is 1. The van der Waals surface area contributed by atoms with Crippen molar-refractivity contribution in [3.8, 4) is 11.5 Å². The highest BCUT2D eigenvalue weighted by Crippen LogP contribution is 2.37. The van der Waals surface area contributed by atoms with Gasteiger partial charge in [-0.15, -0.1) is 0 Å². The van der Waals surface area contributed by atoms with Crippen molar-refractivity contribution in [3.63, 3.8) is 0 Å². The van der Waals surface area contributed by atoms with E-state index >= 15 is 0 Å². The summed E-state index contributed by atoms with van der Waals surface area (Å²) in [7, 11) is 0. The van der Waals surface area contributed by atoms with Crippen LogP contribution in [-0.2, 0) is 11.3 Å². The third-order valence-electron chi connectivity index (χ3n) is 4.02. The number of halogens is 2. The SMILES string of the molecule is CCN(CC(=O)Nc1cc2c(cc1Cl)OCCO2)Cc1cccc(F)c1. The quantitative estimate of drug-likeness (QED) is 0.832. The lowest BCUT2D eigenvalue weighted by molar-refractivity contribution is -0.117.